The first kappa shape index (κ1) is 18.9. The van der Waals surface area contributed by atoms with E-state index in [-0.39, 0.29) is 17.0 Å². The first-order chi connectivity index (χ1) is 11.8. The summed E-state index contributed by atoms with van der Waals surface area (Å²) in [5, 5.41) is 2.64. The minimum Gasteiger partial charge on any atom is -0.325 e. The quantitative estimate of drug-likeness (QED) is 0.722. The van der Waals surface area contributed by atoms with E-state index in [1.807, 2.05) is 12.1 Å². The zero-order chi connectivity index (χ0) is 18.1. The second-order valence-electron chi connectivity index (χ2n) is 5.48. The SMILES string of the molecule is CN1C(C(=O)Nc2ccc(F)c(Cl)c2)CC(c2ccc(Br)s2)NS1=O. The summed E-state index contributed by atoms with van der Waals surface area (Å²) in [5.41, 5.74) is 0.393. The number of benzene rings is 1. The molecule has 0 aliphatic carbocycles. The lowest BCUT2D eigenvalue weighted by Crippen LogP contribution is -2.52. The van der Waals surface area contributed by atoms with E-state index in [2.05, 4.69) is 26.0 Å². The van der Waals surface area contributed by atoms with Crippen LogP contribution in [0.3, 0.4) is 0 Å². The van der Waals surface area contributed by atoms with Gasteiger partial charge in [-0.3, -0.25) is 4.79 Å². The second kappa shape index (κ2) is 7.81. The highest BCUT2D eigenvalue weighted by molar-refractivity contribution is 9.11. The molecule has 134 valence electrons. The van der Waals surface area contributed by atoms with E-state index in [1.165, 1.54) is 33.8 Å². The number of nitrogens with one attached hydrogen (secondary N) is 2. The molecule has 2 aromatic rings. The number of carbonyl (C=O) groups excluding carboxylic acids is 1. The molecule has 3 rings (SSSR count). The number of rotatable bonds is 3. The third kappa shape index (κ3) is 4.29. The lowest BCUT2D eigenvalue weighted by Gasteiger charge is -2.35. The van der Waals surface area contributed by atoms with E-state index in [0.29, 0.717) is 12.1 Å². The minimum absolute atomic E-state index is 0.0682. The monoisotopic (exact) mass is 465 g/mol. The lowest BCUT2D eigenvalue weighted by molar-refractivity contribution is -0.120. The van der Waals surface area contributed by atoms with Gasteiger partial charge in [0.15, 0.2) is 11.2 Å². The van der Waals surface area contributed by atoms with Crippen LogP contribution >= 0.6 is 38.9 Å². The van der Waals surface area contributed by atoms with Crippen molar-refractivity contribution >= 4 is 61.6 Å². The first-order valence-electron chi connectivity index (χ1n) is 7.27. The fraction of sp³-hybridized carbons (Fsp3) is 0.267. The zero-order valence-corrected chi connectivity index (χ0v) is 16.9. The van der Waals surface area contributed by atoms with E-state index < -0.39 is 23.0 Å². The maximum atomic E-state index is 13.2. The van der Waals surface area contributed by atoms with Gasteiger partial charge in [-0.15, -0.1) is 11.3 Å². The molecular formula is C15H14BrClFN3O2S2. The number of amides is 1. The number of thiophene rings is 1. The number of nitrogens with zero attached hydrogens (tertiary/aromatic N) is 1. The molecule has 0 saturated carbocycles. The molecule has 2 N–H and O–H groups in total. The van der Waals surface area contributed by atoms with Crippen LogP contribution in [0.1, 0.15) is 17.3 Å². The van der Waals surface area contributed by atoms with Gasteiger partial charge in [0.2, 0.25) is 5.91 Å². The molecule has 1 saturated heterocycles. The van der Waals surface area contributed by atoms with Gasteiger partial charge >= 0.3 is 0 Å². The first-order valence-corrected chi connectivity index (χ1v) is 10.4. The number of halogens is 3. The lowest BCUT2D eigenvalue weighted by atomic mass is 10.1. The van der Waals surface area contributed by atoms with Gasteiger partial charge in [0.1, 0.15) is 11.9 Å². The van der Waals surface area contributed by atoms with Gasteiger partial charge in [-0.2, -0.15) is 0 Å². The van der Waals surface area contributed by atoms with Crippen molar-refractivity contribution in [1.29, 1.82) is 0 Å². The molecule has 1 aromatic heterocycles. The van der Waals surface area contributed by atoms with Crippen LogP contribution in [-0.4, -0.2) is 27.5 Å². The van der Waals surface area contributed by atoms with E-state index in [0.717, 1.165) is 8.66 Å². The molecule has 3 atom stereocenters. The van der Waals surface area contributed by atoms with Gasteiger partial charge in [-0.1, -0.05) is 11.6 Å². The van der Waals surface area contributed by atoms with E-state index in [4.69, 9.17) is 11.6 Å². The van der Waals surface area contributed by atoms with Gasteiger partial charge in [-0.05, 0) is 52.7 Å². The Hall–Kier alpha value is -0.840. The zero-order valence-electron chi connectivity index (χ0n) is 13.0. The Morgan fingerprint density at radius 3 is 2.88 bits per heavy atom. The molecule has 0 bridgehead atoms. The smallest absolute Gasteiger partial charge is 0.242 e. The summed E-state index contributed by atoms with van der Waals surface area (Å²) in [7, 11) is 1.62. The Balaban J connectivity index is 1.77. The molecular weight excluding hydrogens is 453 g/mol. The topological polar surface area (TPSA) is 61.4 Å². The summed E-state index contributed by atoms with van der Waals surface area (Å²) < 4.78 is 31.0. The molecule has 3 unspecified atom stereocenters. The van der Waals surface area contributed by atoms with Crippen LogP contribution in [0.25, 0.3) is 0 Å². The van der Waals surface area contributed by atoms with E-state index in [9.17, 15) is 13.4 Å². The fourth-order valence-electron chi connectivity index (χ4n) is 2.50. The molecule has 10 heteroatoms. The molecule has 5 nitrogen and oxygen atoms in total. The predicted octanol–water partition coefficient (Wildman–Crippen LogP) is 3.86. The molecule has 1 fully saturated rings. The van der Waals surface area contributed by atoms with Gasteiger partial charge in [-0.25, -0.2) is 17.6 Å². The third-order valence-corrected chi connectivity index (χ3v) is 7.12. The maximum Gasteiger partial charge on any atom is 0.242 e. The van der Waals surface area contributed by atoms with Crippen LogP contribution < -0.4 is 10.0 Å². The van der Waals surface area contributed by atoms with Crippen LogP contribution in [0, 0.1) is 5.82 Å². The summed E-state index contributed by atoms with van der Waals surface area (Å²) in [4.78, 5) is 13.6. The molecule has 25 heavy (non-hydrogen) atoms. The van der Waals surface area contributed by atoms with Crippen LogP contribution in [0.2, 0.25) is 5.02 Å². The highest BCUT2D eigenvalue weighted by Gasteiger charge is 2.36. The molecule has 1 amide bonds. The minimum atomic E-state index is -1.50. The molecule has 2 heterocycles. The summed E-state index contributed by atoms with van der Waals surface area (Å²) in [6.45, 7) is 0. The third-order valence-electron chi connectivity index (χ3n) is 3.83. The average Bonchev–Trinajstić information content (AvgIpc) is 3.00. The van der Waals surface area contributed by atoms with Crippen molar-refractivity contribution in [2.75, 3.05) is 12.4 Å². The Kier molecular flexibility index (Phi) is 5.92. The Labute approximate surface area is 164 Å². The highest BCUT2D eigenvalue weighted by atomic mass is 79.9. The largest absolute Gasteiger partial charge is 0.325 e. The summed E-state index contributed by atoms with van der Waals surface area (Å²) >= 11 is 9.18. The van der Waals surface area contributed by atoms with E-state index in [1.54, 1.807) is 7.05 Å². The van der Waals surface area contributed by atoms with Gasteiger partial charge in [0.25, 0.3) is 0 Å². The second-order valence-corrected chi connectivity index (χ2v) is 9.69. The normalized spacial score (nSPS) is 24.2. The van der Waals surface area contributed by atoms with Crippen LogP contribution in [-0.2, 0) is 16.0 Å². The molecule has 1 aliphatic rings. The van der Waals surface area contributed by atoms with Crippen molar-refractivity contribution in [3.8, 4) is 0 Å². The van der Waals surface area contributed by atoms with Crippen LogP contribution in [0.15, 0.2) is 34.1 Å². The fourth-order valence-corrected chi connectivity index (χ4v) is 5.29. The van der Waals surface area contributed by atoms with Crippen molar-refractivity contribution in [1.82, 2.24) is 9.03 Å². The number of likely N-dealkylation sites (N-methyl/N-ethyl adjacent to an activating group) is 1. The molecule has 1 aliphatic heterocycles. The number of anilines is 1. The van der Waals surface area contributed by atoms with Crippen molar-refractivity contribution in [2.24, 2.45) is 0 Å². The Morgan fingerprint density at radius 1 is 1.48 bits per heavy atom. The molecule has 1 aromatic carbocycles. The van der Waals surface area contributed by atoms with Crippen molar-refractivity contribution in [2.45, 2.75) is 18.5 Å². The maximum absolute atomic E-state index is 13.2. The number of carbonyl (C=O) groups is 1. The molecule has 0 radical (unpaired) electrons. The van der Waals surface area contributed by atoms with Crippen LogP contribution in [0.4, 0.5) is 10.1 Å². The highest BCUT2D eigenvalue weighted by Crippen LogP contribution is 2.33. The summed E-state index contributed by atoms with van der Waals surface area (Å²) in [6, 6.07) is 7.03. The van der Waals surface area contributed by atoms with Crippen LogP contribution in [0.5, 0.6) is 0 Å². The average molecular weight is 467 g/mol. The van der Waals surface area contributed by atoms with Gasteiger partial charge < -0.3 is 5.32 Å². The van der Waals surface area contributed by atoms with Crippen molar-refractivity contribution < 1.29 is 13.4 Å². The van der Waals surface area contributed by atoms with Gasteiger partial charge in [0, 0.05) is 17.6 Å². The summed E-state index contributed by atoms with van der Waals surface area (Å²) in [6.07, 6.45) is 0.454. The van der Waals surface area contributed by atoms with Gasteiger partial charge in [0.05, 0.1) is 14.9 Å². The van der Waals surface area contributed by atoms with Crippen molar-refractivity contribution in [3.63, 3.8) is 0 Å². The van der Waals surface area contributed by atoms with Crippen molar-refractivity contribution in [3.05, 3.63) is 49.8 Å². The number of hydrogen-bond acceptors (Lipinski definition) is 3. The Morgan fingerprint density at radius 2 is 2.24 bits per heavy atom. The standard InChI is InChI=1S/C15H14BrClFN3O2S2/c1-21-12(15(22)19-8-2-3-10(18)9(17)6-8)7-11(20-25(21)23)13-4-5-14(16)24-13/h2-6,11-12,20H,7H2,1H3,(H,19,22). The predicted molar refractivity (Wildman–Crippen MR) is 102 cm³/mol. The number of hydrogen-bond donors (Lipinski definition) is 2. The summed E-state index contributed by atoms with van der Waals surface area (Å²) in [5.74, 6) is -0.872. The molecule has 0 spiro atoms. The Bertz CT molecular complexity index is 835. The van der Waals surface area contributed by atoms with E-state index >= 15 is 0 Å².